The standard InChI is InChI=1S/C18H18N2O4S/c1-24-14-8-9-16-15(10-14)18(13-6-4-3-5-7-13)19-11-17(21)20(16)12-25(2,22)23/h3-10H,11-12H2,1-2H3. The molecular formula is C18H18N2O4S. The Bertz CT molecular complexity index is 937. The summed E-state index contributed by atoms with van der Waals surface area (Å²) in [6.45, 7) is -0.114. The fourth-order valence-corrected chi connectivity index (χ4v) is 3.49. The molecule has 2 aromatic carbocycles. The van der Waals surface area contributed by atoms with Crippen LogP contribution in [0, 0.1) is 0 Å². The van der Waals surface area contributed by atoms with Gasteiger partial charge in [-0.15, -0.1) is 0 Å². The van der Waals surface area contributed by atoms with Crippen LogP contribution in [0.3, 0.4) is 0 Å². The average Bonchev–Trinajstić information content (AvgIpc) is 2.72. The van der Waals surface area contributed by atoms with E-state index >= 15 is 0 Å². The van der Waals surface area contributed by atoms with Crippen LogP contribution in [-0.2, 0) is 14.6 Å². The number of fused-ring (bicyclic) bond motifs is 1. The van der Waals surface area contributed by atoms with E-state index in [9.17, 15) is 13.2 Å². The highest BCUT2D eigenvalue weighted by molar-refractivity contribution is 7.90. The van der Waals surface area contributed by atoms with Crippen molar-refractivity contribution < 1.29 is 17.9 Å². The minimum absolute atomic E-state index is 0.114. The number of benzene rings is 2. The summed E-state index contributed by atoms with van der Waals surface area (Å²) in [5, 5.41) is 0. The first kappa shape index (κ1) is 17.2. The zero-order valence-corrected chi connectivity index (χ0v) is 14.8. The molecule has 3 rings (SSSR count). The molecule has 1 aliphatic heterocycles. The minimum atomic E-state index is -3.39. The molecule has 0 atom stereocenters. The van der Waals surface area contributed by atoms with Gasteiger partial charge in [0.1, 0.15) is 18.2 Å². The third-order valence-electron chi connectivity index (χ3n) is 3.83. The molecule has 25 heavy (non-hydrogen) atoms. The van der Waals surface area contributed by atoms with E-state index in [0.29, 0.717) is 22.7 Å². The Labute approximate surface area is 146 Å². The maximum absolute atomic E-state index is 12.5. The first-order valence-corrected chi connectivity index (χ1v) is 9.71. The number of sulfone groups is 1. The van der Waals surface area contributed by atoms with Gasteiger partial charge in [-0.1, -0.05) is 30.3 Å². The molecular weight excluding hydrogens is 340 g/mol. The Hall–Kier alpha value is -2.67. The summed E-state index contributed by atoms with van der Waals surface area (Å²) in [4.78, 5) is 18.2. The maximum atomic E-state index is 12.5. The first-order valence-electron chi connectivity index (χ1n) is 7.65. The van der Waals surface area contributed by atoms with E-state index in [4.69, 9.17) is 4.74 Å². The summed E-state index contributed by atoms with van der Waals surface area (Å²) in [6, 6.07) is 14.6. The second kappa shape index (κ2) is 6.68. The zero-order chi connectivity index (χ0) is 18.0. The van der Waals surface area contributed by atoms with Crippen molar-refractivity contribution in [1.82, 2.24) is 0 Å². The first-order chi connectivity index (χ1) is 11.9. The third-order valence-corrected chi connectivity index (χ3v) is 4.56. The predicted molar refractivity (Wildman–Crippen MR) is 97.1 cm³/mol. The second-order valence-corrected chi connectivity index (χ2v) is 7.90. The van der Waals surface area contributed by atoms with Crippen LogP contribution in [0.2, 0.25) is 0 Å². The highest BCUT2D eigenvalue weighted by atomic mass is 32.2. The molecule has 1 heterocycles. The summed E-state index contributed by atoms with van der Waals surface area (Å²) in [7, 11) is -1.84. The van der Waals surface area contributed by atoms with Gasteiger partial charge in [0.25, 0.3) is 0 Å². The van der Waals surface area contributed by atoms with E-state index in [1.165, 1.54) is 4.90 Å². The number of benzodiazepines with no additional fused rings is 1. The lowest BCUT2D eigenvalue weighted by atomic mass is 10.00. The van der Waals surface area contributed by atoms with Crippen LogP contribution in [0.15, 0.2) is 53.5 Å². The Morgan fingerprint density at radius 1 is 1.16 bits per heavy atom. The van der Waals surface area contributed by atoms with E-state index in [1.54, 1.807) is 25.3 Å². The zero-order valence-electron chi connectivity index (χ0n) is 14.0. The molecule has 0 aliphatic carbocycles. The van der Waals surface area contributed by atoms with E-state index in [2.05, 4.69) is 4.99 Å². The Balaban J connectivity index is 2.20. The molecule has 0 N–H and O–H groups in total. The van der Waals surface area contributed by atoms with Gasteiger partial charge in [-0.05, 0) is 18.2 Å². The number of amides is 1. The highest BCUT2D eigenvalue weighted by Crippen LogP contribution is 2.30. The molecule has 0 unspecified atom stereocenters. The summed E-state index contributed by atoms with van der Waals surface area (Å²) in [6.07, 6.45) is 1.10. The molecule has 1 amide bonds. The molecule has 0 aromatic heterocycles. The molecule has 0 saturated heterocycles. The van der Waals surface area contributed by atoms with Gasteiger partial charge in [-0.3, -0.25) is 14.7 Å². The fraction of sp³-hybridized carbons (Fsp3) is 0.222. The predicted octanol–water partition coefficient (Wildman–Crippen LogP) is 1.88. The van der Waals surface area contributed by atoms with Crippen molar-refractivity contribution in [2.24, 2.45) is 4.99 Å². The molecule has 6 nitrogen and oxygen atoms in total. The van der Waals surface area contributed by atoms with Crippen molar-refractivity contribution in [3.8, 4) is 5.75 Å². The van der Waals surface area contributed by atoms with E-state index < -0.39 is 9.84 Å². The lowest BCUT2D eigenvalue weighted by molar-refractivity contribution is -0.117. The number of anilines is 1. The van der Waals surface area contributed by atoms with Gasteiger partial charge < -0.3 is 4.74 Å². The SMILES string of the molecule is COc1ccc2c(c1)C(c1ccccc1)=NCC(=O)N2CS(C)(=O)=O. The Morgan fingerprint density at radius 2 is 1.88 bits per heavy atom. The number of carbonyl (C=O) groups excluding carboxylic acids is 1. The van der Waals surface area contributed by atoms with E-state index in [-0.39, 0.29) is 18.3 Å². The quantitative estimate of drug-likeness (QED) is 0.836. The van der Waals surface area contributed by atoms with Crippen LogP contribution in [-0.4, -0.2) is 45.8 Å². The molecule has 7 heteroatoms. The average molecular weight is 358 g/mol. The summed E-state index contributed by atoms with van der Waals surface area (Å²) in [5.74, 6) is -0.137. The van der Waals surface area contributed by atoms with Gasteiger partial charge in [0.05, 0.1) is 18.5 Å². The van der Waals surface area contributed by atoms with Gasteiger partial charge in [0.15, 0.2) is 9.84 Å². The Morgan fingerprint density at radius 3 is 2.52 bits per heavy atom. The molecule has 0 saturated carbocycles. The van der Waals surface area contributed by atoms with Crippen LogP contribution in [0.1, 0.15) is 11.1 Å². The second-order valence-electron chi connectivity index (χ2n) is 5.79. The Kier molecular flexibility index (Phi) is 4.59. The maximum Gasteiger partial charge on any atom is 0.249 e. The monoisotopic (exact) mass is 358 g/mol. The van der Waals surface area contributed by atoms with Crippen LogP contribution >= 0.6 is 0 Å². The number of hydrogen-bond acceptors (Lipinski definition) is 5. The van der Waals surface area contributed by atoms with Crippen LogP contribution in [0.25, 0.3) is 0 Å². The largest absolute Gasteiger partial charge is 0.497 e. The van der Waals surface area contributed by atoms with Gasteiger partial charge in [0, 0.05) is 17.4 Å². The van der Waals surface area contributed by atoms with Gasteiger partial charge in [0.2, 0.25) is 5.91 Å². The van der Waals surface area contributed by atoms with Crippen molar-refractivity contribution in [3.63, 3.8) is 0 Å². The number of hydrogen-bond donors (Lipinski definition) is 0. The van der Waals surface area contributed by atoms with Crippen LogP contribution in [0.4, 0.5) is 5.69 Å². The lowest BCUT2D eigenvalue weighted by Gasteiger charge is -2.22. The van der Waals surface area contributed by atoms with Crippen LogP contribution in [0.5, 0.6) is 5.75 Å². The summed E-state index contributed by atoms with van der Waals surface area (Å²) >= 11 is 0. The molecule has 0 radical (unpaired) electrons. The van der Waals surface area contributed by atoms with E-state index in [0.717, 1.165) is 11.8 Å². The van der Waals surface area contributed by atoms with Crippen molar-refractivity contribution in [2.75, 3.05) is 30.7 Å². The topological polar surface area (TPSA) is 76.0 Å². The van der Waals surface area contributed by atoms with Crippen molar-refractivity contribution >= 4 is 27.1 Å². The summed E-state index contributed by atoms with van der Waals surface area (Å²) < 4.78 is 28.9. The van der Waals surface area contributed by atoms with Gasteiger partial charge in [-0.2, -0.15) is 0 Å². The van der Waals surface area contributed by atoms with Crippen LogP contribution < -0.4 is 9.64 Å². The van der Waals surface area contributed by atoms with Gasteiger partial charge >= 0.3 is 0 Å². The van der Waals surface area contributed by atoms with Gasteiger partial charge in [-0.25, -0.2) is 8.42 Å². The number of nitrogens with zero attached hydrogens (tertiary/aromatic N) is 2. The van der Waals surface area contributed by atoms with Crippen molar-refractivity contribution in [2.45, 2.75) is 0 Å². The number of aliphatic imine (C=N–C) groups is 1. The normalized spacial score (nSPS) is 14.6. The summed E-state index contributed by atoms with van der Waals surface area (Å²) in [5.41, 5.74) is 2.67. The van der Waals surface area contributed by atoms with Crippen molar-refractivity contribution in [1.29, 1.82) is 0 Å². The minimum Gasteiger partial charge on any atom is -0.497 e. The highest BCUT2D eigenvalue weighted by Gasteiger charge is 2.27. The van der Waals surface area contributed by atoms with Crippen molar-refractivity contribution in [3.05, 3.63) is 59.7 Å². The molecule has 1 aliphatic rings. The molecule has 2 aromatic rings. The number of ether oxygens (including phenoxy) is 1. The number of methoxy groups -OCH3 is 1. The molecule has 0 spiro atoms. The lowest BCUT2D eigenvalue weighted by Crippen LogP contribution is -2.36. The third kappa shape index (κ3) is 3.71. The molecule has 130 valence electrons. The molecule has 0 fully saturated rings. The molecule has 0 bridgehead atoms. The number of carbonyl (C=O) groups is 1. The van der Waals surface area contributed by atoms with E-state index in [1.807, 2.05) is 30.3 Å². The smallest absolute Gasteiger partial charge is 0.249 e. The number of rotatable bonds is 4. The fourth-order valence-electron chi connectivity index (χ4n) is 2.74.